The fourth-order valence-electron chi connectivity index (χ4n) is 4.81. The minimum Gasteiger partial charge on any atom is -0.508 e. The molecule has 4 aromatic carbocycles. The molecule has 0 unspecified atom stereocenters. The van der Waals surface area contributed by atoms with Crippen LogP contribution in [-0.4, -0.2) is 64.2 Å². The molecular formula is C35H33F2N3O8. The first-order valence-electron chi connectivity index (χ1n) is 14.7. The van der Waals surface area contributed by atoms with Crippen molar-refractivity contribution in [2.75, 3.05) is 7.11 Å². The maximum atomic E-state index is 14.5. The summed E-state index contributed by atoms with van der Waals surface area (Å²) in [7, 11) is 1.15. The number of esters is 1. The standard InChI is InChI=1S/C35H33F2N3O8/c1-48-35(47)31(18-22-6-13-26(43)14-7-22)40-34(46)30(17-21-4-11-25(42)12-5-21)39-33(45)29(16-20-2-9-24(41)10-3-20)38-32(44)27-15-8-23(36)19-28(27)37/h2-15,19,29-31,41-43H,16-18H2,1H3,(H,38,44)(H,39,45)(H,40,46)/t29-,30-,31-/m0/s1. The minimum absolute atomic E-state index is 0.00481. The molecule has 3 amide bonds. The van der Waals surface area contributed by atoms with E-state index < -0.39 is 59.0 Å². The second kappa shape index (κ2) is 16.0. The molecule has 48 heavy (non-hydrogen) atoms. The second-order valence-corrected chi connectivity index (χ2v) is 10.9. The lowest BCUT2D eigenvalue weighted by molar-refractivity contribution is -0.145. The Bertz CT molecular complexity index is 1750. The number of halogens is 2. The smallest absolute Gasteiger partial charge is 0.328 e. The molecule has 4 aromatic rings. The van der Waals surface area contributed by atoms with E-state index in [-0.39, 0.29) is 36.5 Å². The summed E-state index contributed by atoms with van der Waals surface area (Å²) in [6, 6.07) is 16.0. The summed E-state index contributed by atoms with van der Waals surface area (Å²) < 4.78 is 32.8. The number of carbonyl (C=O) groups is 4. The predicted octanol–water partition coefficient (Wildman–Crippen LogP) is 3.05. The number of aromatic hydroxyl groups is 3. The van der Waals surface area contributed by atoms with Crippen molar-refractivity contribution in [1.82, 2.24) is 16.0 Å². The Morgan fingerprint density at radius 2 is 1.00 bits per heavy atom. The first kappa shape index (κ1) is 34.9. The Balaban J connectivity index is 1.62. The van der Waals surface area contributed by atoms with E-state index in [1.54, 1.807) is 12.1 Å². The average Bonchev–Trinajstić information content (AvgIpc) is 3.06. The van der Waals surface area contributed by atoms with Crippen LogP contribution in [0.5, 0.6) is 17.2 Å². The van der Waals surface area contributed by atoms with Crippen molar-refractivity contribution in [2.24, 2.45) is 0 Å². The topological polar surface area (TPSA) is 174 Å². The van der Waals surface area contributed by atoms with Crippen molar-refractivity contribution < 1.29 is 48.0 Å². The van der Waals surface area contributed by atoms with E-state index in [9.17, 15) is 43.3 Å². The van der Waals surface area contributed by atoms with E-state index in [2.05, 4.69) is 16.0 Å². The maximum Gasteiger partial charge on any atom is 0.328 e. The fraction of sp³-hybridized carbons (Fsp3) is 0.200. The quantitative estimate of drug-likeness (QED) is 0.119. The molecule has 250 valence electrons. The molecule has 0 aliphatic carbocycles. The van der Waals surface area contributed by atoms with Crippen molar-refractivity contribution in [2.45, 2.75) is 37.4 Å². The first-order chi connectivity index (χ1) is 22.9. The van der Waals surface area contributed by atoms with Crippen molar-refractivity contribution in [3.05, 3.63) is 125 Å². The lowest BCUT2D eigenvalue weighted by Crippen LogP contribution is -2.57. The van der Waals surface area contributed by atoms with Gasteiger partial charge < -0.3 is 36.0 Å². The second-order valence-electron chi connectivity index (χ2n) is 10.9. The van der Waals surface area contributed by atoms with Crippen molar-refractivity contribution >= 4 is 23.7 Å². The van der Waals surface area contributed by atoms with Crippen LogP contribution in [-0.2, 0) is 38.4 Å². The predicted molar refractivity (Wildman–Crippen MR) is 169 cm³/mol. The van der Waals surface area contributed by atoms with Gasteiger partial charge in [-0.15, -0.1) is 0 Å². The largest absolute Gasteiger partial charge is 0.508 e. The van der Waals surface area contributed by atoms with Crippen LogP contribution in [0.3, 0.4) is 0 Å². The lowest BCUT2D eigenvalue weighted by atomic mass is 10.0. The van der Waals surface area contributed by atoms with E-state index in [1.807, 2.05) is 0 Å². The summed E-state index contributed by atoms with van der Waals surface area (Å²) in [6.07, 6.45) is -0.279. The van der Waals surface area contributed by atoms with E-state index in [4.69, 9.17) is 4.74 Å². The van der Waals surface area contributed by atoms with Gasteiger partial charge in [-0.3, -0.25) is 14.4 Å². The first-order valence-corrected chi connectivity index (χ1v) is 14.7. The van der Waals surface area contributed by atoms with Crippen LogP contribution in [0.1, 0.15) is 27.0 Å². The SMILES string of the molecule is COC(=O)[C@H](Cc1ccc(O)cc1)NC(=O)[C@H](Cc1ccc(O)cc1)NC(=O)[C@H](Cc1ccc(O)cc1)NC(=O)c1ccc(F)cc1F. The third-order valence-corrected chi connectivity index (χ3v) is 7.36. The maximum absolute atomic E-state index is 14.5. The molecule has 4 rings (SSSR count). The summed E-state index contributed by atoms with van der Waals surface area (Å²) in [5.41, 5.74) is 1.08. The van der Waals surface area contributed by atoms with E-state index in [0.717, 1.165) is 19.2 Å². The molecule has 6 N–H and O–H groups in total. The number of benzene rings is 4. The lowest BCUT2D eigenvalue weighted by Gasteiger charge is -2.25. The Hall–Kier alpha value is -5.98. The van der Waals surface area contributed by atoms with Gasteiger partial charge in [0.2, 0.25) is 11.8 Å². The zero-order chi connectivity index (χ0) is 34.8. The highest BCUT2D eigenvalue weighted by Gasteiger charge is 2.31. The van der Waals surface area contributed by atoms with Gasteiger partial charge in [-0.05, 0) is 65.2 Å². The normalized spacial score (nSPS) is 12.6. The Labute approximate surface area is 274 Å². The van der Waals surface area contributed by atoms with E-state index >= 15 is 0 Å². The summed E-state index contributed by atoms with van der Waals surface area (Å²) in [4.78, 5) is 53.3. The number of rotatable bonds is 13. The van der Waals surface area contributed by atoms with Crippen molar-refractivity contribution in [3.63, 3.8) is 0 Å². The molecule has 11 nitrogen and oxygen atoms in total. The van der Waals surface area contributed by atoms with Gasteiger partial charge in [-0.2, -0.15) is 0 Å². The monoisotopic (exact) mass is 661 g/mol. The van der Waals surface area contributed by atoms with Crippen LogP contribution >= 0.6 is 0 Å². The average molecular weight is 662 g/mol. The summed E-state index contributed by atoms with van der Waals surface area (Å²) in [5.74, 6) is -5.57. The van der Waals surface area contributed by atoms with Crippen LogP contribution < -0.4 is 16.0 Å². The number of hydrogen-bond acceptors (Lipinski definition) is 8. The number of amides is 3. The van der Waals surface area contributed by atoms with Gasteiger partial charge in [0.15, 0.2) is 0 Å². The van der Waals surface area contributed by atoms with Crippen LogP contribution in [0.2, 0.25) is 0 Å². The molecule has 0 radical (unpaired) electrons. The zero-order valence-corrected chi connectivity index (χ0v) is 25.7. The summed E-state index contributed by atoms with van der Waals surface area (Å²) >= 11 is 0. The molecule has 0 spiro atoms. The molecule has 0 aliphatic rings. The molecule has 0 aliphatic heterocycles. The fourth-order valence-corrected chi connectivity index (χ4v) is 4.81. The highest BCUT2D eigenvalue weighted by atomic mass is 19.1. The van der Waals surface area contributed by atoms with Crippen LogP contribution in [0.4, 0.5) is 8.78 Å². The molecule has 0 fully saturated rings. The molecule has 3 atom stereocenters. The Morgan fingerprint density at radius 3 is 1.42 bits per heavy atom. The molecule has 0 bridgehead atoms. The zero-order valence-electron chi connectivity index (χ0n) is 25.7. The van der Waals surface area contributed by atoms with Gasteiger partial charge in [-0.25, -0.2) is 13.6 Å². The van der Waals surface area contributed by atoms with Gasteiger partial charge in [0.1, 0.15) is 47.0 Å². The highest BCUT2D eigenvalue weighted by molar-refractivity contribution is 5.99. The Kier molecular flexibility index (Phi) is 11.6. The third-order valence-electron chi connectivity index (χ3n) is 7.36. The van der Waals surface area contributed by atoms with Crippen LogP contribution in [0.15, 0.2) is 91.0 Å². The molecule has 0 aromatic heterocycles. The Morgan fingerprint density at radius 1 is 0.604 bits per heavy atom. The van der Waals surface area contributed by atoms with Gasteiger partial charge in [0.25, 0.3) is 5.91 Å². The third kappa shape index (κ3) is 9.76. The number of hydrogen-bond donors (Lipinski definition) is 6. The number of nitrogens with one attached hydrogen (secondary N) is 3. The summed E-state index contributed by atoms with van der Waals surface area (Å²) in [5, 5.41) is 36.7. The molecule has 0 saturated heterocycles. The molecule has 0 heterocycles. The van der Waals surface area contributed by atoms with Gasteiger partial charge in [0, 0.05) is 25.3 Å². The van der Waals surface area contributed by atoms with Crippen LogP contribution in [0.25, 0.3) is 0 Å². The minimum atomic E-state index is -1.39. The van der Waals surface area contributed by atoms with E-state index in [1.165, 1.54) is 60.7 Å². The highest BCUT2D eigenvalue weighted by Crippen LogP contribution is 2.16. The molecular weight excluding hydrogens is 628 g/mol. The van der Waals surface area contributed by atoms with Crippen molar-refractivity contribution in [1.29, 1.82) is 0 Å². The molecule has 0 saturated carbocycles. The molecule has 13 heteroatoms. The summed E-state index contributed by atoms with van der Waals surface area (Å²) in [6.45, 7) is 0. The number of carbonyl (C=O) groups excluding carboxylic acids is 4. The number of ether oxygens (including phenoxy) is 1. The number of methoxy groups -OCH3 is 1. The van der Waals surface area contributed by atoms with Crippen molar-refractivity contribution in [3.8, 4) is 17.2 Å². The number of phenols is 3. The van der Waals surface area contributed by atoms with Crippen LogP contribution in [0, 0.1) is 11.6 Å². The van der Waals surface area contributed by atoms with Gasteiger partial charge in [-0.1, -0.05) is 36.4 Å². The number of phenolic OH excluding ortho intramolecular Hbond substituents is 3. The van der Waals surface area contributed by atoms with Gasteiger partial charge >= 0.3 is 5.97 Å². The van der Waals surface area contributed by atoms with E-state index in [0.29, 0.717) is 22.8 Å². The van der Waals surface area contributed by atoms with Gasteiger partial charge in [0.05, 0.1) is 12.7 Å².